The highest BCUT2D eigenvalue weighted by Crippen LogP contribution is 2.33. The summed E-state index contributed by atoms with van der Waals surface area (Å²) in [4.78, 5) is 24.4. The van der Waals surface area contributed by atoms with Crippen molar-refractivity contribution in [2.75, 3.05) is 12.4 Å². The van der Waals surface area contributed by atoms with Crippen LogP contribution in [0.4, 0.5) is 11.4 Å². The first-order chi connectivity index (χ1) is 13.1. The van der Waals surface area contributed by atoms with Gasteiger partial charge >= 0.3 is 5.97 Å². The molecule has 3 aromatic carbocycles. The van der Waals surface area contributed by atoms with Gasteiger partial charge < -0.3 is 14.8 Å². The summed E-state index contributed by atoms with van der Waals surface area (Å²) in [5.41, 5.74) is 1.85. The van der Waals surface area contributed by atoms with Gasteiger partial charge in [-0.2, -0.15) is 0 Å². The number of benzene rings is 3. The number of rotatable bonds is 6. The SMILES string of the molecule is COC(=O)c1cc(C(C)=O)c(Oc2ccccc2)cc1Nc1ccccc1. The summed E-state index contributed by atoms with van der Waals surface area (Å²) in [6.45, 7) is 1.43. The molecule has 3 aromatic rings. The van der Waals surface area contributed by atoms with Crippen LogP contribution in [0.25, 0.3) is 0 Å². The lowest BCUT2D eigenvalue weighted by molar-refractivity contribution is 0.0602. The Bertz CT molecular complexity index is 953. The number of esters is 1. The molecule has 5 nitrogen and oxygen atoms in total. The van der Waals surface area contributed by atoms with Gasteiger partial charge in [0.25, 0.3) is 0 Å². The molecule has 0 spiro atoms. The summed E-state index contributed by atoms with van der Waals surface area (Å²) in [6.07, 6.45) is 0. The fourth-order valence-corrected chi connectivity index (χ4v) is 2.61. The minimum absolute atomic E-state index is 0.211. The molecule has 0 aromatic heterocycles. The molecule has 0 fully saturated rings. The Hall–Kier alpha value is -3.60. The first kappa shape index (κ1) is 18.2. The molecule has 0 unspecified atom stereocenters. The standard InChI is InChI=1S/C22H19NO4/c1-15(24)18-13-19(22(25)26-2)20(23-16-9-5-3-6-10-16)14-21(18)27-17-11-7-4-8-12-17/h3-14,23H,1-2H3. The predicted molar refractivity (Wildman–Crippen MR) is 104 cm³/mol. The molecule has 0 amide bonds. The number of ether oxygens (including phenoxy) is 2. The second-order valence-electron chi connectivity index (χ2n) is 5.85. The summed E-state index contributed by atoms with van der Waals surface area (Å²) in [6, 6.07) is 21.7. The Kier molecular flexibility index (Phi) is 5.52. The van der Waals surface area contributed by atoms with Crippen LogP contribution in [0.3, 0.4) is 0 Å². The molecule has 27 heavy (non-hydrogen) atoms. The average molecular weight is 361 g/mol. The van der Waals surface area contributed by atoms with Gasteiger partial charge in [-0.15, -0.1) is 0 Å². The molecule has 0 heterocycles. The first-order valence-electron chi connectivity index (χ1n) is 8.40. The Morgan fingerprint density at radius 2 is 1.48 bits per heavy atom. The van der Waals surface area contributed by atoms with Crippen molar-refractivity contribution in [2.45, 2.75) is 6.92 Å². The minimum atomic E-state index is -0.540. The molecule has 0 atom stereocenters. The maximum atomic E-state index is 12.3. The van der Waals surface area contributed by atoms with E-state index in [1.807, 2.05) is 48.5 Å². The van der Waals surface area contributed by atoms with Crippen molar-refractivity contribution in [1.29, 1.82) is 0 Å². The van der Waals surface area contributed by atoms with Crippen LogP contribution in [-0.4, -0.2) is 18.9 Å². The summed E-state index contributed by atoms with van der Waals surface area (Å²) in [5.74, 6) is 0.204. The molecule has 0 saturated carbocycles. The van der Waals surface area contributed by atoms with E-state index in [1.54, 1.807) is 18.2 Å². The van der Waals surface area contributed by atoms with Gasteiger partial charge in [-0.1, -0.05) is 36.4 Å². The van der Waals surface area contributed by atoms with Gasteiger partial charge in [-0.3, -0.25) is 4.79 Å². The number of para-hydroxylation sites is 2. The van der Waals surface area contributed by atoms with Gasteiger partial charge in [0, 0.05) is 11.8 Å². The summed E-state index contributed by atoms with van der Waals surface area (Å²) >= 11 is 0. The lowest BCUT2D eigenvalue weighted by Gasteiger charge is -2.16. The molecule has 0 radical (unpaired) electrons. The van der Waals surface area contributed by atoms with Crippen molar-refractivity contribution in [2.24, 2.45) is 0 Å². The first-order valence-corrected chi connectivity index (χ1v) is 8.40. The molecule has 136 valence electrons. The van der Waals surface area contributed by atoms with Crippen molar-refractivity contribution < 1.29 is 19.1 Å². The van der Waals surface area contributed by atoms with E-state index in [1.165, 1.54) is 20.1 Å². The Morgan fingerprint density at radius 3 is 2.07 bits per heavy atom. The molecule has 0 aliphatic rings. The van der Waals surface area contributed by atoms with Crippen molar-refractivity contribution >= 4 is 23.1 Å². The third kappa shape index (κ3) is 4.33. The van der Waals surface area contributed by atoms with E-state index in [0.717, 1.165) is 5.69 Å². The van der Waals surface area contributed by atoms with Crippen LogP contribution in [0.5, 0.6) is 11.5 Å². The molecule has 5 heteroatoms. The highest BCUT2D eigenvalue weighted by atomic mass is 16.5. The Labute approximate surface area is 157 Å². The van der Waals surface area contributed by atoms with E-state index in [2.05, 4.69) is 5.32 Å². The van der Waals surface area contributed by atoms with Gasteiger partial charge in [0.05, 0.1) is 23.9 Å². The fraction of sp³-hybridized carbons (Fsp3) is 0.0909. The highest BCUT2D eigenvalue weighted by molar-refractivity contribution is 6.03. The van der Waals surface area contributed by atoms with Crippen LogP contribution in [0.2, 0.25) is 0 Å². The van der Waals surface area contributed by atoms with E-state index >= 15 is 0 Å². The molecule has 0 aliphatic heterocycles. The number of ketones is 1. The summed E-state index contributed by atoms with van der Waals surface area (Å²) in [7, 11) is 1.30. The average Bonchev–Trinajstić information content (AvgIpc) is 2.69. The van der Waals surface area contributed by atoms with Gasteiger partial charge in [-0.05, 0) is 37.3 Å². The number of anilines is 2. The lowest BCUT2D eigenvalue weighted by Crippen LogP contribution is -2.09. The van der Waals surface area contributed by atoms with Crippen LogP contribution in [-0.2, 0) is 4.74 Å². The number of hydrogen-bond donors (Lipinski definition) is 1. The maximum Gasteiger partial charge on any atom is 0.340 e. The molecular weight excluding hydrogens is 342 g/mol. The molecular formula is C22H19NO4. The van der Waals surface area contributed by atoms with E-state index < -0.39 is 5.97 Å². The minimum Gasteiger partial charge on any atom is -0.465 e. The zero-order valence-corrected chi connectivity index (χ0v) is 15.1. The molecule has 0 aliphatic carbocycles. The monoisotopic (exact) mass is 361 g/mol. The van der Waals surface area contributed by atoms with Crippen LogP contribution in [0.1, 0.15) is 27.6 Å². The largest absolute Gasteiger partial charge is 0.465 e. The number of nitrogens with one attached hydrogen (secondary N) is 1. The van der Waals surface area contributed by atoms with Gasteiger partial charge in [0.15, 0.2) is 5.78 Å². The number of carbonyl (C=O) groups excluding carboxylic acids is 2. The second-order valence-corrected chi connectivity index (χ2v) is 5.85. The van der Waals surface area contributed by atoms with Crippen LogP contribution in [0.15, 0.2) is 72.8 Å². The third-order valence-electron chi connectivity index (χ3n) is 3.93. The molecule has 1 N–H and O–H groups in total. The van der Waals surface area contributed by atoms with Gasteiger partial charge in [-0.25, -0.2) is 4.79 Å². The Morgan fingerprint density at radius 1 is 0.852 bits per heavy atom. The van der Waals surface area contributed by atoms with E-state index in [0.29, 0.717) is 22.7 Å². The number of Topliss-reactive ketones (excluding diaryl/α,β-unsaturated/α-hetero) is 1. The van der Waals surface area contributed by atoms with Crippen molar-refractivity contribution in [3.05, 3.63) is 83.9 Å². The van der Waals surface area contributed by atoms with Crippen molar-refractivity contribution in [1.82, 2.24) is 0 Å². The fourth-order valence-electron chi connectivity index (χ4n) is 2.61. The summed E-state index contributed by atoms with van der Waals surface area (Å²) < 4.78 is 10.8. The van der Waals surface area contributed by atoms with Gasteiger partial charge in [0.1, 0.15) is 11.5 Å². The number of hydrogen-bond acceptors (Lipinski definition) is 5. The van der Waals surface area contributed by atoms with E-state index in [9.17, 15) is 9.59 Å². The maximum absolute atomic E-state index is 12.3. The lowest BCUT2D eigenvalue weighted by atomic mass is 10.0. The zero-order valence-electron chi connectivity index (χ0n) is 15.1. The molecule has 0 bridgehead atoms. The van der Waals surface area contributed by atoms with E-state index in [-0.39, 0.29) is 11.3 Å². The van der Waals surface area contributed by atoms with Crippen LogP contribution in [0, 0.1) is 0 Å². The number of methoxy groups -OCH3 is 1. The molecule has 3 rings (SSSR count). The van der Waals surface area contributed by atoms with Crippen LogP contribution < -0.4 is 10.1 Å². The molecule has 0 saturated heterocycles. The second kappa shape index (κ2) is 8.19. The van der Waals surface area contributed by atoms with Crippen molar-refractivity contribution in [3.63, 3.8) is 0 Å². The Balaban J connectivity index is 2.09. The third-order valence-corrected chi connectivity index (χ3v) is 3.93. The summed E-state index contributed by atoms with van der Waals surface area (Å²) in [5, 5.41) is 3.19. The van der Waals surface area contributed by atoms with E-state index in [4.69, 9.17) is 9.47 Å². The topological polar surface area (TPSA) is 64.6 Å². The predicted octanol–water partition coefficient (Wildman–Crippen LogP) is 5.21. The smallest absolute Gasteiger partial charge is 0.340 e. The zero-order chi connectivity index (χ0) is 19.2. The van der Waals surface area contributed by atoms with Crippen LogP contribution >= 0.6 is 0 Å². The van der Waals surface area contributed by atoms with Crippen molar-refractivity contribution in [3.8, 4) is 11.5 Å². The van der Waals surface area contributed by atoms with Gasteiger partial charge in [0.2, 0.25) is 0 Å². The normalized spacial score (nSPS) is 10.1. The number of carbonyl (C=O) groups is 2. The quantitative estimate of drug-likeness (QED) is 0.482. The highest BCUT2D eigenvalue weighted by Gasteiger charge is 2.20.